The SMILES string of the molecule is CC.CCC.CCCOCOCC.CC[C@@H](COC)NP1(=O)OCC(C)(C)C(C(=O)NC)O1.OCCc1ccccc1.[HH].[HH]. The van der Waals surface area contributed by atoms with E-state index in [9.17, 15) is 9.36 Å². The molecule has 1 saturated heterocycles. The zero-order valence-corrected chi connectivity index (χ0v) is 29.3. The Morgan fingerprint density at radius 2 is 1.74 bits per heavy atom. The van der Waals surface area contributed by atoms with E-state index in [2.05, 4.69) is 31.2 Å². The van der Waals surface area contributed by atoms with Gasteiger partial charge in [0, 0.05) is 48.3 Å². The maximum atomic E-state index is 12.6. The molecule has 0 aromatic heterocycles. The van der Waals surface area contributed by atoms with Gasteiger partial charge in [-0.3, -0.25) is 13.8 Å². The van der Waals surface area contributed by atoms with Crippen molar-refractivity contribution >= 4 is 13.7 Å². The van der Waals surface area contributed by atoms with E-state index in [1.807, 2.05) is 71.9 Å². The molecule has 3 N–H and O–H groups in total. The van der Waals surface area contributed by atoms with Crippen LogP contribution < -0.4 is 10.4 Å². The number of hydrogen-bond acceptors (Lipinski definition) is 8. The number of ether oxygens (including phenoxy) is 3. The van der Waals surface area contributed by atoms with Crippen molar-refractivity contribution < 1.29 is 40.6 Å². The van der Waals surface area contributed by atoms with E-state index in [0.29, 0.717) is 19.8 Å². The average Bonchev–Trinajstić information content (AvgIpc) is 2.99. The molecule has 1 amide bonds. The highest BCUT2D eigenvalue weighted by Crippen LogP contribution is 2.53. The molecule has 0 bridgehead atoms. The van der Waals surface area contributed by atoms with E-state index >= 15 is 0 Å². The molecule has 10 nitrogen and oxygen atoms in total. The number of benzene rings is 1. The lowest BCUT2D eigenvalue weighted by molar-refractivity contribution is -0.138. The van der Waals surface area contributed by atoms with E-state index in [1.54, 1.807) is 7.11 Å². The van der Waals surface area contributed by atoms with Crippen LogP contribution in [-0.2, 0) is 39.0 Å². The minimum atomic E-state index is -3.51. The Hall–Kier alpha value is -1.36. The van der Waals surface area contributed by atoms with Gasteiger partial charge in [0.25, 0.3) is 0 Å². The Balaban J connectivity index is -0.000000176. The van der Waals surface area contributed by atoms with Crippen LogP contribution in [0.2, 0.25) is 0 Å². The third kappa shape index (κ3) is 23.1. The molecular weight excluding hydrogens is 559 g/mol. The number of aliphatic hydroxyl groups excluding tert-OH is 1. The zero-order chi connectivity index (χ0) is 32.9. The van der Waals surface area contributed by atoms with Crippen LogP contribution in [0.4, 0.5) is 0 Å². The molecule has 42 heavy (non-hydrogen) atoms. The van der Waals surface area contributed by atoms with E-state index in [-0.39, 0.29) is 28.0 Å². The summed E-state index contributed by atoms with van der Waals surface area (Å²) in [5, 5.41) is 13.9. The average molecular weight is 627 g/mol. The van der Waals surface area contributed by atoms with E-state index < -0.39 is 19.3 Å². The monoisotopic (exact) mass is 626 g/mol. The minimum Gasteiger partial charge on any atom is -0.396 e. The summed E-state index contributed by atoms with van der Waals surface area (Å²) < 4.78 is 38.4. The first-order valence-corrected chi connectivity index (χ1v) is 16.8. The van der Waals surface area contributed by atoms with Gasteiger partial charge in [-0.2, -0.15) is 0 Å². The summed E-state index contributed by atoms with van der Waals surface area (Å²) in [6.45, 7) is 20.7. The van der Waals surface area contributed by atoms with Gasteiger partial charge in [0.1, 0.15) is 6.79 Å². The predicted molar refractivity (Wildman–Crippen MR) is 177 cm³/mol. The van der Waals surface area contributed by atoms with Crippen LogP contribution in [0.25, 0.3) is 0 Å². The van der Waals surface area contributed by atoms with Crippen LogP contribution in [0.1, 0.15) is 90.0 Å². The van der Waals surface area contributed by atoms with Crippen molar-refractivity contribution in [2.75, 3.05) is 54.0 Å². The van der Waals surface area contributed by atoms with Crippen molar-refractivity contribution in [2.24, 2.45) is 5.41 Å². The molecular formula is C31H67N2O8P. The Morgan fingerprint density at radius 1 is 1.14 bits per heavy atom. The fraction of sp³-hybridized carbons (Fsp3) is 0.774. The quantitative estimate of drug-likeness (QED) is 0.122. The summed E-state index contributed by atoms with van der Waals surface area (Å²) in [4.78, 5) is 11.9. The summed E-state index contributed by atoms with van der Waals surface area (Å²) >= 11 is 0. The van der Waals surface area contributed by atoms with E-state index in [0.717, 1.165) is 26.1 Å². The number of carbonyl (C=O) groups excluding carboxylic acids is 1. The van der Waals surface area contributed by atoms with Gasteiger partial charge < -0.3 is 24.6 Å². The standard InChI is InChI=1S/C12H25N2O5P.C8H10O.C6H14O2.C3H8.C2H6.2H2/c1-6-9(7-17-5)14-20(16)18-8-12(2,3)10(19-20)11(15)13-4;9-7-6-8-4-2-1-3-5-8;1-3-5-8-6-7-4-2;1-3-2;1-2;;/h9-10H,6-8H2,1-5H3,(H,13,15)(H,14,16);1-5,9H,6-7H2;3-6H2,1-2H3;3H2,1-2H3;1-2H3;2*1H/t9-,10?,20?;;;;;;/m0....../s1. The highest BCUT2D eigenvalue weighted by atomic mass is 31.2. The molecule has 1 aromatic carbocycles. The summed E-state index contributed by atoms with van der Waals surface area (Å²) in [6, 6.07) is 9.79. The Morgan fingerprint density at radius 3 is 2.19 bits per heavy atom. The maximum Gasteiger partial charge on any atom is 0.406 e. The first-order chi connectivity index (χ1) is 20.0. The molecule has 1 heterocycles. The fourth-order valence-electron chi connectivity index (χ4n) is 3.03. The van der Waals surface area contributed by atoms with Crippen LogP contribution in [0.15, 0.2) is 30.3 Å². The van der Waals surface area contributed by atoms with Gasteiger partial charge in [-0.15, -0.1) is 0 Å². The summed E-state index contributed by atoms with van der Waals surface area (Å²) in [5.74, 6) is -0.305. The Kier molecular flexibility index (Phi) is 31.9. The molecule has 0 spiro atoms. The second-order valence-electron chi connectivity index (χ2n) is 9.73. The number of nitrogens with one attached hydrogen (secondary N) is 2. The maximum absolute atomic E-state index is 12.6. The molecule has 1 fully saturated rings. The third-order valence-electron chi connectivity index (χ3n) is 5.21. The lowest BCUT2D eigenvalue weighted by Gasteiger charge is -2.40. The molecule has 1 aromatic rings. The zero-order valence-electron chi connectivity index (χ0n) is 28.4. The number of amides is 1. The summed E-state index contributed by atoms with van der Waals surface area (Å²) in [7, 11) is -0.418. The molecule has 1 aliphatic rings. The van der Waals surface area contributed by atoms with Crippen LogP contribution in [0.3, 0.4) is 0 Å². The largest absolute Gasteiger partial charge is 0.406 e. The van der Waals surface area contributed by atoms with Gasteiger partial charge in [-0.1, -0.05) is 92.1 Å². The van der Waals surface area contributed by atoms with E-state index in [1.165, 1.54) is 19.0 Å². The number of hydrogen-bond donors (Lipinski definition) is 3. The number of methoxy groups -OCH3 is 1. The van der Waals surface area contributed by atoms with Gasteiger partial charge >= 0.3 is 7.75 Å². The number of carbonyl (C=O) groups is 1. The normalized spacial score (nSPS) is 19.1. The number of aliphatic hydroxyl groups is 1. The number of rotatable bonds is 13. The van der Waals surface area contributed by atoms with Crippen LogP contribution in [-0.4, -0.2) is 77.1 Å². The van der Waals surface area contributed by atoms with E-state index in [4.69, 9.17) is 28.4 Å². The molecule has 0 saturated carbocycles. The van der Waals surface area contributed by atoms with Crippen molar-refractivity contribution in [3.05, 3.63) is 35.9 Å². The summed E-state index contributed by atoms with van der Waals surface area (Å²) in [5.41, 5.74) is 0.651. The highest BCUT2D eigenvalue weighted by molar-refractivity contribution is 7.51. The molecule has 1 aliphatic heterocycles. The van der Waals surface area contributed by atoms with Gasteiger partial charge in [0.2, 0.25) is 5.91 Å². The van der Waals surface area contributed by atoms with Crippen molar-refractivity contribution in [3.63, 3.8) is 0 Å². The minimum absolute atomic E-state index is 0. The van der Waals surface area contributed by atoms with Crippen molar-refractivity contribution in [2.45, 2.75) is 100 Å². The molecule has 0 aliphatic carbocycles. The molecule has 0 radical (unpaired) electrons. The predicted octanol–water partition coefficient (Wildman–Crippen LogP) is 6.86. The van der Waals surface area contributed by atoms with Gasteiger partial charge in [-0.25, -0.2) is 9.65 Å². The second kappa shape index (κ2) is 29.7. The fourth-order valence-corrected chi connectivity index (χ4v) is 5.09. The lowest BCUT2D eigenvalue weighted by Crippen LogP contribution is -2.50. The topological polar surface area (TPSA) is 125 Å². The van der Waals surface area contributed by atoms with Crippen LogP contribution in [0.5, 0.6) is 0 Å². The van der Waals surface area contributed by atoms with Gasteiger partial charge in [0.15, 0.2) is 6.10 Å². The molecule has 3 atom stereocenters. The first kappa shape index (κ1) is 45.1. The smallest absolute Gasteiger partial charge is 0.396 e. The van der Waals surface area contributed by atoms with Crippen LogP contribution >= 0.6 is 7.75 Å². The molecule has 2 rings (SSSR count). The Labute approximate surface area is 260 Å². The summed E-state index contributed by atoms with van der Waals surface area (Å²) in [6.07, 6.45) is 2.96. The van der Waals surface area contributed by atoms with Crippen LogP contribution in [0, 0.1) is 5.41 Å². The van der Waals surface area contributed by atoms with Gasteiger partial charge in [-0.05, 0) is 31.7 Å². The van der Waals surface area contributed by atoms with Gasteiger partial charge in [0.05, 0.1) is 13.2 Å². The third-order valence-corrected chi connectivity index (χ3v) is 6.85. The van der Waals surface area contributed by atoms with Crippen molar-refractivity contribution in [1.82, 2.24) is 10.4 Å². The molecule has 11 heteroatoms. The second-order valence-corrected chi connectivity index (χ2v) is 11.5. The Bertz CT molecular complexity index is 774. The lowest BCUT2D eigenvalue weighted by atomic mass is 9.87. The van der Waals surface area contributed by atoms with Crippen molar-refractivity contribution in [1.29, 1.82) is 0 Å². The first-order valence-electron chi connectivity index (χ1n) is 15.3. The molecule has 254 valence electrons. The van der Waals surface area contributed by atoms with Crippen molar-refractivity contribution in [3.8, 4) is 0 Å². The number of likely N-dealkylation sites (N-methyl/N-ethyl adjacent to an activating group) is 1. The highest BCUT2D eigenvalue weighted by Gasteiger charge is 2.48. The molecule has 2 unspecified atom stereocenters.